The van der Waals surface area contributed by atoms with Gasteiger partial charge in [-0.05, 0) is 31.4 Å². The molecular weight excluding hydrogens is 280 g/mol. The van der Waals surface area contributed by atoms with Crippen molar-refractivity contribution in [2.45, 2.75) is 25.7 Å². The average Bonchev–Trinajstić information content (AvgIpc) is 2.56. The van der Waals surface area contributed by atoms with Crippen LogP contribution in [-0.4, -0.2) is 25.7 Å². The predicted octanol–water partition coefficient (Wildman–Crippen LogP) is 3.14. The van der Waals surface area contributed by atoms with Crippen molar-refractivity contribution in [1.29, 1.82) is 0 Å². The van der Waals surface area contributed by atoms with Crippen LogP contribution in [0.2, 0.25) is 0 Å². The zero-order valence-electron chi connectivity index (χ0n) is 12.7. The van der Waals surface area contributed by atoms with E-state index in [0.717, 1.165) is 25.7 Å². The Morgan fingerprint density at radius 1 is 1.14 bits per heavy atom. The van der Waals surface area contributed by atoms with Crippen LogP contribution in [0.4, 0.5) is 0 Å². The van der Waals surface area contributed by atoms with Crippen LogP contribution in [0.1, 0.15) is 36.0 Å². The lowest BCUT2D eigenvalue weighted by Crippen LogP contribution is -2.04. The maximum atomic E-state index is 11.6. The quantitative estimate of drug-likeness (QED) is 0.336. The van der Waals surface area contributed by atoms with Crippen LogP contribution in [0.3, 0.4) is 0 Å². The molecule has 0 N–H and O–H groups in total. The Labute approximate surface area is 131 Å². The van der Waals surface area contributed by atoms with Crippen molar-refractivity contribution in [2.24, 2.45) is 0 Å². The highest BCUT2D eigenvalue weighted by atomic mass is 16.5. The third kappa shape index (κ3) is 7.91. The Balaban J connectivity index is 2.07. The highest BCUT2D eigenvalue weighted by Crippen LogP contribution is 2.01. The van der Waals surface area contributed by atoms with Crippen LogP contribution in [0.15, 0.2) is 42.5 Å². The van der Waals surface area contributed by atoms with Gasteiger partial charge in [-0.15, -0.1) is 0 Å². The summed E-state index contributed by atoms with van der Waals surface area (Å²) in [7, 11) is 1.35. The van der Waals surface area contributed by atoms with Crippen LogP contribution >= 0.6 is 0 Å². The van der Waals surface area contributed by atoms with Gasteiger partial charge in [0.2, 0.25) is 0 Å². The van der Waals surface area contributed by atoms with E-state index in [4.69, 9.17) is 4.74 Å². The SMILES string of the molecule is COC(=O)/C=C/CCCCC#CCOC(=O)c1ccccc1. The van der Waals surface area contributed by atoms with Gasteiger partial charge in [0, 0.05) is 12.5 Å². The molecule has 0 fully saturated rings. The second-order valence-corrected chi connectivity index (χ2v) is 4.47. The fourth-order valence-electron chi connectivity index (χ4n) is 1.62. The average molecular weight is 300 g/mol. The summed E-state index contributed by atoms with van der Waals surface area (Å²) in [5.74, 6) is 5.09. The molecule has 0 spiro atoms. The molecular formula is C18H20O4. The van der Waals surface area contributed by atoms with Crippen molar-refractivity contribution >= 4 is 11.9 Å². The lowest BCUT2D eigenvalue weighted by molar-refractivity contribution is -0.134. The van der Waals surface area contributed by atoms with Gasteiger partial charge in [0.05, 0.1) is 12.7 Å². The number of allylic oxidation sites excluding steroid dienone is 1. The first-order chi connectivity index (χ1) is 10.7. The molecule has 0 atom stereocenters. The maximum absolute atomic E-state index is 11.6. The predicted molar refractivity (Wildman–Crippen MR) is 84.1 cm³/mol. The third-order valence-corrected chi connectivity index (χ3v) is 2.79. The molecule has 0 bridgehead atoms. The first-order valence-electron chi connectivity index (χ1n) is 7.16. The molecule has 4 heteroatoms. The Bertz CT molecular complexity index is 549. The molecule has 4 nitrogen and oxygen atoms in total. The molecule has 1 aromatic rings. The standard InChI is InChI=1S/C18H20O4/c1-21-17(19)14-10-5-3-2-4-6-11-15-22-18(20)16-12-8-7-9-13-16/h7-10,12-14H,2-5,15H2,1H3/b14-10+. The van der Waals surface area contributed by atoms with Crippen molar-refractivity contribution in [3.05, 3.63) is 48.0 Å². The smallest absolute Gasteiger partial charge is 0.339 e. The third-order valence-electron chi connectivity index (χ3n) is 2.79. The lowest BCUT2D eigenvalue weighted by atomic mass is 10.2. The van der Waals surface area contributed by atoms with Crippen LogP contribution in [0.5, 0.6) is 0 Å². The summed E-state index contributed by atoms with van der Waals surface area (Å²) in [6.07, 6.45) is 6.67. The van der Waals surface area contributed by atoms with Crippen molar-refractivity contribution < 1.29 is 19.1 Å². The molecule has 0 saturated heterocycles. The van der Waals surface area contributed by atoms with Crippen LogP contribution < -0.4 is 0 Å². The number of rotatable bonds is 7. The van der Waals surface area contributed by atoms with Gasteiger partial charge in [0.15, 0.2) is 6.61 Å². The molecule has 0 aliphatic heterocycles. The summed E-state index contributed by atoms with van der Waals surface area (Å²) in [6, 6.07) is 8.83. The van der Waals surface area contributed by atoms with E-state index in [0.29, 0.717) is 5.56 Å². The minimum atomic E-state index is -0.358. The highest BCUT2D eigenvalue weighted by molar-refractivity contribution is 5.89. The van der Waals surface area contributed by atoms with Crippen molar-refractivity contribution in [2.75, 3.05) is 13.7 Å². The van der Waals surface area contributed by atoms with E-state index >= 15 is 0 Å². The second kappa shape index (κ2) is 11.2. The molecule has 22 heavy (non-hydrogen) atoms. The number of hydrogen-bond acceptors (Lipinski definition) is 4. The molecule has 1 aromatic carbocycles. The van der Waals surface area contributed by atoms with Crippen LogP contribution in [-0.2, 0) is 14.3 Å². The van der Waals surface area contributed by atoms with Gasteiger partial charge in [0.25, 0.3) is 0 Å². The minimum absolute atomic E-state index is 0.107. The topological polar surface area (TPSA) is 52.6 Å². The zero-order valence-corrected chi connectivity index (χ0v) is 12.7. The normalized spacial score (nSPS) is 9.86. The van der Waals surface area contributed by atoms with E-state index in [1.807, 2.05) is 6.07 Å². The molecule has 0 unspecified atom stereocenters. The van der Waals surface area contributed by atoms with E-state index < -0.39 is 0 Å². The number of carbonyl (C=O) groups is 2. The Morgan fingerprint density at radius 3 is 2.64 bits per heavy atom. The first kappa shape index (κ1) is 17.5. The molecule has 0 heterocycles. The Kier molecular flexibility index (Phi) is 8.88. The van der Waals surface area contributed by atoms with E-state index in [1.54, 1.807) is 30.3 Å². The van der Waals surface area contributed by atoms with Gasteiger partial charge in [-0.1, -0.05) is 36.1 Å². The van der Waals surface area contributed by atoms with E-state index in [-0.39, 0.29) is 18.5 Å². The largest absolute Gasteiger partial charge is 0.466 e. The summed E-state index contributed by atoms with van der Waals surface area (Å²) >= 11 is 0. The summed E-state index contributed by atoms with van der Waals surface area (Å²) in [4.78, 5) is 22.4. The van der Waals surface area contributed by atoms with Gasteiger partial charge in [-0.3, -0.25) is 0 Å². The minimum Gasteiger partial charge on any atom is -0.466 e. The molecule has 0 saturated carbocycles. The number of carbonyl (C=O) groups excluding carboxylic acids is 2. The van der Waals surface area contributed by atoms with E-state index in [2.05, 4.69) is 16.6 Å². The molecule has 0 aliphatic carbocycles. The molecule has 116 valence electrons. The van der Waals surface area contributed by atoms with Crippen molar-refractivity contribution in [3.8, 4) is 11.8 Å². The van der Waals surface area contributed by atoms with E-state index in [1.165, 1.54) is 13.2 Å². The van der Waals surface area contributed by atoms with Gasteiger partial charge in [-0.2, -0.15) is 0 Å². The fraction of sp³-hybridized carbons (Fsp3) is 0.333. The van der Waals surface area contributed by atoms with Gasteiger partial charge < -0.3 is 9.47 Å². The summed E-state index contributed by atoms with van der Waals surface area (Å²) in [5, 5.41) is 0. The van der Waals surface area contributed by atoms with Gasteiger partial charge in [0.1, 0.15) is 0 Å². The number of esters is 2. The number of methoxy groups -OCH3 is 1. The van der Waals surface area contributed by atoms with Gasteiger partial charge >= 0.3 is 11.9 Å². The van der Waals surface area contributed by atoms with E-state index in [9.17, 15) is 9.59 Å². The summed E-state index contributed by atoms with van der Waals surface area (Å²) in [5.41, 5.74) is 0.529. The molecule has 0 aromatic heterocycles. The molecule has 0 radical (unpaired) electrons. The number of ether oxygens (including phenoxy) is 2. The van der Waals surface area contributed by atoms with Crippen LogP contribution in [0.25, 0.3) is 0 Å². The monoisotopic (exact) mass is 300 g/mol. The highest BCUT2D eigenvalue weighted by Gasteiger charge is 2.03. The van der Waals surface area contributed by atoms with Crippen LogP contribution in [0, 0.1) is 11.8 Å². The molecule has 0 aliphatic rings. The number of unbranched alkanes of at least 4 members (excludes halogenated alkanes) is 3. The lowest BCUT2D eigenvalue weighted by Gasteiger charge is -1.99. The summed E-state index contributed by atoms with van der Waals surface area (Å²) in [6.45, 7) is 0.107. The summed E-state index contributed by atoms with van der Waals surface area (Å²) < 4.78 is 9.52. The van der Waals surface area contributed by atoms with Crippen molar-refractivity contribution in [3.63, 3.8) is 0 Å². The number of hydrogen-bond donors (Lipinski definition) is 0. The molecule has 0 amide bonds. The first-order valence-corrected chi connectivity index (χ1v) is 7.16. The van der Waals surface area contributed by atoms with Crippen molar-refractivity contribution in [1.82, 2.24) is 0 Å². The van der Waals surface area contributed by atoms with Gasteiger partial charge in [-0.25, -0.2) is 9.59 Å². The zero-order chi connectivity index (χ0) is 16.0. The Hall–Kier alpha value is -2.54. The molecule has 1 rings (SSSR count). The number of benzene rings is 1. The maximum Gasteiger partial charge on any atom is 0.339 e. The fourth-order valence-corrected chi connectivity index (χ4v) is 1.62. The second-order valence-electron chi connectivity index (χ2n) is 4.47. The Morgan fingerprint density at radius 2 is 1.91 bits per heavy atom.